The summed E-state index contributed by atoms with van der Waals surface area (Å²) in [6.07, 6.45) is 0.170. The molecular formula is C9H7BrClFO. The van der Waals surface area contributed by atoms with Crippen molar-refractivity contribution in [2.24, 2.45) is 0 Å². The van der Waals surface area contributed by atoms with Gasteiger partial charge in [-0.2, -0.15) is 0 Å². The number of hydrogen-bond acceptors (Lipinski definition) is 1. The van der Waals surface area contributed by atoms with E-state index >= 15 is 0 Å². The Morgan fingerprint density at radius 2 is 2.23 bits per heavy atom. The monoisotopic (exact) mass is 264 g/mol. The number of hydrogen-bond donors (Lipinski definition) is 0. The number of benzene rings is 1. The first-order chi connectivity index (χ1) is 6.02. The highest BCUT2D eigenvalue weighted by atomic mass is 79.9. The predicted octanol–water partition coefficient (Wildman–Crippen LogP) is 3.37. The van der Waals surface area contributed by atoms with Crippen molar-refractivity contribution in [2.75, 3.05) is 0 Å². The van der Waals surface area contributed by atoms with Gasteiger partial charge in [0, 0.05) is 6.42 Å². The van der Waals surface area contributed by atoms with Crippen LogP contribution in [0.3, 0.4) is 0 Å². The van der Waals surface area contributed by atoms with E-state index in [0.717, 1.165) is 0 Å². The summed E-state index contributed by atoms with van der Waals surface area (Å²) in [5.41, 5.74) is 0.523. The van der Waals surface area contributed by atoms with Crippen LogP contribution in [0.1, 0.15) is 12.5 Å². The molecule has 70 valence electrons. The highest BCUT2D eigenvalue weighted by Crippen LogP contribution is 2.26. The SMILES string of the molecule is CC(=O)Cc1ccc(Br)c(F)c1Cl. The van der Waals surface area contributed by atoms with Crippen LogP contribution in [0.25, 0.3) is 0 Å². The number of carbonyl (C=O) groups is 1. The van der Waals surface area contributed by atoms with Gasteiger partial charge < -0.3 is 0 Å². The lowest BCUT2D eigenvalue weighted by Gasteiger charge is -2.03. The minimum atomic E-state index is -0.514. The van der Waals surface area contributed by atoms with Crippen molar-refractivity contribution in [1.29, 1.82) is 0 Å². The second kappa shape index (κ2) is 4.20. The van der Waals surface area contributed by atoms with E-state index in [9.17, 15) is 9.18 Å². The molecule has 0 aliphatic heterocycles. The lowest BCUT2D eigenvalue weighted by Crippen LogP contribution is -1.98. The van der Waals surface area contributed by atoms with Crippen LogP contribution in [0.5, 0.6) is 0 Å². The van der Waals surface area contributed by atoms with Crippen molar-refractivity contribution in [1.82, 2.24) is 0 Å². The van der Waals surface area contributed by atoms with Crippen molar-refractivity contribution < 1.29 is 9.18 Å². The first-order valence-corrected chi connectivity index (χ1v) is 4.81. The molecule has 0 unspecified atom stereocenters. The van der Waals surface area contributed by atoms with E-state index in [2.05, 4.69) is 15.9 Å². The minimum Gasteiger partial charge on any atom is -0.300 e. The molecule has 0 saturated heterocycles. The maximum absolute atomic E-state index is 13.2. The molecule has 4 heteroatoms. The number of ketones is 1. The highest BCUT2D eigenvalue weighted by molar-refractivity contribution is 9.10. The topological polar surface area (TPSA) is 17.1 Å². The summed E-state index contributed by atoms with van der Waals surface area (Å²) < 4.78 is 13.5. The predicted molar refractivity (Wildman–Crippen MR) is 53.5 cm³/mol. The van der Waals surface area contributed by atoms with Gasteiger partial charge in [0.2, 0.25) is 0 Å². The Hall–Kier alpha value is -0.410. The van der Waals surface area contributed by atoms with Crippen LogP contribution in [0.15, 0.2) is 16.6 Å². The zero-order chi connectivity index (χ0) is 10.0. The molecule has 13 heavy (non-hydrogen) atoms. The Labute approximate surface area is 89.0 Å². The van der Waals surface area contributed by atoms with E-state index < -0.39 is 5.82 Å². The van der Waals surface area contributed by atoms with Gasteiger partial charge in [-0.15, -0.1) is 0 Å². The van der Waals surface area contributed by atoms with E-state index in [4.69, 9.17) is 11.6 Å². The maximum Gasteiger partial charge on any atom is 0.156 e. The molecule has 0 aliphatic carbocycles. The molecule has 1 aromatic carbocycles. The standard InChI is InChI=1S/C9H7BrClFO/c1-5(13)4-6-2-3-7(10)9(12)8(6)11/h2-3H,4H2,1H3. The Morgan fingerprint density at radius 1 is 1.62 bits per heavy atom. The van der Waals surface area contributed by atoms with Gasteiger partial charge in [-0.3, -0.25) is 4.79 Å². The lowest BCUT2D eigenvalue weighted by atomic mass is 10.1. The molecular weight excluding hydrogens is 258 g/mol. The van der Waals surface area contributed by atoms with E-state index in [-0.39, 0.29) is 17.2 Å². The van der Waals surface area contributed by atoms with E-state index in [0.29, 0.717) is 10.0 Å². The van der Waals surface area contributed by atoms with Crippen LogP contribution in [-0.4, -0.2) is 5.78 Å². The van der Waals surface area contributed by atoms with Crippen molar-refractivity contribution in [2.45, 2.75) is 13.3 Å². The molecule has 0 aromatic heterocycles. The van der Waals surface area contributed by atoms with Gasteiger partial charge in [0.15, 0.2) is 5.82 Å². The van der Waals surface area contributed by atoms with Crippen molar-refractivity contribution in [3.63, 3.8) is 0 Å². The lowest BCUT2D eigenvalue weighted by molar-refractivity contribution is -0.116. The van der Waals surface area contributed by atoms with Crippen LogP contribution in [-0.2, 0) is 11.2 Å². The smallest absolute Gasteiger partial charge is 0.156 e. The molecule has 0 N–H and O–H groups in total. The summed E-state index contributed by atoms with van der Waals surface area (Å²) in [4.78, 5) is 10.8. The summed E-state index contributed by atoms with van der Waals surface area (Å²) in [7, 11) is 0. The average Bonchev–Trinajstić information content (AvgIpc) is 2.06. The first-order valence-electron chi connectivity index (χ1n) is 3.64. The fraction of sp³-hybridized carbons (Fsp3) is 0.222. The Kier molecular flexibility index (Phi) is 3.45. The Bertz CT molecular complexity index is 352. The third kappa shape index (κ3) is 2.51. The molecule has 0 atom stereocenters. The molecule has 1 aromatic rings. The van der Waals surface area contributed by atoms with E-state index in [1.54, 1.807) is 12.1 Å². The molecule has 0 spiro atoms. The molecule has 0 fully saturated rings. The number of Topliss-reactive ketones (excluding diaryl/α,β-unsaturated/α-hetero) is 1. The van der Waals surface area contributed by atoms with Gasteiger partial charge in [-0.05, 0) is 34.5 Å². The molecule has 0 aliphatic rings. The van der Waals surface area contributed by atoms with Crippen LogP contribution >= 0.6 is 27.5 Å². The molecule has 0 amide bonds. The second-order valence-electron chi connectivity index (χ2n) is 2.71. The third-order valence-corrected chi connectivity index (χ3v) is 2.58. The molecule has 1 nitrogen and oxygen atoms in total. The van der Waals surface area contributed by atoms with Crippen molar-refractivity contribution in [3.05, 3.63) is 33.0 Å². The fourth-order valence-electron chi connectivity index (χ4n) is 0.971. The number of carbonyl (C=O) groups excluding carboxylic acids is 1. The highest BCUT2D eigenvalue weighted by Gasteiger charge is 2.10. The van der Waals surface area contributed by atoms with Crippen LogP contribution in [0.4, 0.5) is 4.39 Å². The zero-order valence-electron chi connectivity index (χ0n) is 6.90. The third-order valence-electron chi connectivity index (χ3n) is 1.55. The van der Waals surface area contributed by atoms with Gasteiger partial charge in [0.25, 0.3) is 0 Å². The maximum atomic E-state index is 13.2. The largest absolute Gasteiger partial charge is 0.300 e. The quantitative estimate of drug-likeness (QED) is 0.749. The van der Waals surface area contributed by atoms with Gasteiger partial charge in [0.1, 0.15) is 5.78 Å². The Balaban J connectivity index is 3.10. The normalized spacial score (nSPS) is 10.2. The average molecular weight is 266 g/mol. The van der Waals surface area contributed by atoms with Crippen molar-refractivity contribution >= 4 is 33.3 Å². The van der Waals surface area contributed by atoms with E-state index in [1.807, 2.05) is 0 Å². The summed E-state index contributed by atoms with van der Waals surface area (Å²) in [6, 6.07) is 3.18. The van der Waals surface area contributed by atoms with Crippen LogP contribution in [0, 0.1) is 5.82 Å². The van der Waals surface area contributed by atoms with Gasteiger partial charge in [0.05, 0.1) is 9.50 Å². The molecule has 0 bridgehead atoms. The summed E-state index contributed by atoms with van der Waals surface area (Å²) in [6.45, 7) is 1.44. The fourth-order valence-corrected chi connectivity index (χ4v) is 1.65. The van der Waals surface area contributed by atoms with Gasteiger partial charge in [-0.1, -0.05) is 17.7 Å². The van der Waals surface area contributed by atoms with Gasteiger partial charge >= 0.3 is 0 Å². The van der Waals surface area contributed by atoms with E-state index in [1.165, 1.54) is 6.92 Å². The van der Waals surface area contributed by atoms with Crippen molar-refractivity contribution in [3.8, 4) is 0 Å². The molecule has 1 rings (SSSR count). The minimum absolute atomic E-state index is 0.0181. The zero-order valence-corrected chi connectivity index (χ0v) is 9.25. The summed E-state index contributed by atoms with van der Waals surface area (Å²) in [5.74, 6) is -0.552. The summed E-state index contributed by atoms with van der Waals surface area (Å²) >= 11 is 8.69. The van der Waals surface area contributed by atoms with Gasteiger partial charge in [-0.25, -0.2) is 4.39 Å². The molecule has 0 heterocycles. The molecule has 0 saturated carbocycles. The molecule has 0 radical (unpaired) electrons. The number of rotatable bonds is 2. The van der Waals surface area contributed by atoms with Crippen LogP contribution in [0.2, 0.25) is 5.02 Å². The first kappa shape index (κ1) is 10.7. The second-order valence-corrected chi connectivity index (χ2v) is 3.95. The van der Waals surface area contributed by atoms with Crippen LogP contribution < -0.4 is 0 Å². The number of halogens is 3. The Morgan fingerprint density at radius 3 is 2.77 bits per heavy atom. The summed E-state index contributed by atoms with van der Waals surface area (Å²) in [5, 5.41) is 0.0181.